The Bertz CT molecular complexity index is 363. The predicted octanol–water partition coefficient (Wildman–Crippen LogP) is 0.777. The normalized spacial score (nSPS) is 19.4. The average Bonchev–Trinajstić information content (AvgIpc) is 2.76. The van der Waals surface area contributed by atoms with Crippen LogP contribution in [-0.4, -0.2) is 34.1 Å². The van der Waals surface area contributed by atoms with Gasteiger partial charge in [-0.25, -0.2) is 4.79 Å². The number of rotatable bonds is 7. The van der Waals surface area contributed by atoms with E-state index in [9.17, 15) is 14.4 Å². The SMILES string of the molecule is O=C(O)CC[C@H](NC(=O)CC1C=CCC1)C(=O)O. The molecule has 1 aliphatic rings. The van der Waals surface area contributed by atoms with Crippen LogP contribution in [0.2, 0.25) is 0 Å². The molecule has 2 atom stereocenters. The highest BCUT2D eigenvalue weighted by Gasteiger charge is 2.22. The molecule has 3 N–H and O–H groups in total. The molecular weight excluding hydrogens is 238 g/mol. The topological polar surface area (TPSA) is 104 Å². The Kier molecular flexibility index (Phi) is 5.35. The summed E-state index contributed by atoms with van der Waals surface area (Å²) < 4.78 is 0. The first-order valence-electron chi connectivity index (χ1n) is 5.89. The van der Waals surface area contributed by atoms with Crippen LogP contribution in [0.5, 0.6) is 0 Å². The molecular formula is C12H17NO5. The molecule has 0 aromatic heterocycles. The van der Waals surface area contributed by atoms with Crippen molar-refractivity contribution in [1.82, 2.24) is 5.32 Å². The van der Waals surface area contributed by atoms with Gasteiger partial charge in [0, 0.05) is 12.8 Å². The molecule has 6 nitrogen and oxygen atoms in total. The van der Waals surface area contributed by atoms with Crippen LogP contribution in [0.1, 0.15) is 32.1 Å². The highest BCUT2D eigenvalue weighted by molar-refractivity contribution is 5.84. The summed E-state index contributed by atoms with van der Waals surface area (Å²) in [5, 5.41) is 19.7. The molecule has 1 amide bonds. The fourth-order valence-electron chi connectivity index (χ4n) is 1.88. The number of allylic oxidation sites excluding steroid dienone is 2. The van der Waals surface area contributed by atoms with Gasteiger partial charge in [0.05, 0.1) is 0 Å². The van der Waals surface area contributed by atoms with Crippen molar-refractivity contribution in [2.45, 2.75) is 38.1 Å². The van der Waals surface area contributed by atoms with E-state index in [2.05, 4.69) is 5.32 Å². The third kappa shape index (κ3) is 4.99. The van der Waals surface area contributed by atoms with Crippen LogP contribution in [0, 0.1) is 5.92 Å². The van der Waals surface area contributed by atoms with Crippen molar-refractivity contribution in [3.05, 3.63) is 12.2 Å². The minimum Gasteiger partial charge on any atom is -0.481 e. The zero-order chi connectivity index (χ0) is 13.5. The lowest BCUT2D eigenvalue weighted by Crippen LogP contribution is -2.41. The minimum atomic E-state index is -1.20. The predicted molar refractivity (Wildman–Crippen MR) is 62.9 cm³/mol. The van der Waals surface area contributed by atoms with Gasteiger partial charge in [0.2, 0.25) is 5.91 Å². The summed E-state index contributed by atoms with van der Waals surface area (Å²) in [7, 11) is 0. The van der Waals surface area contributed by atoms with Gasteiger partial charge in [-0.15, -0.1) is 0 Å². The number of carbonyl (C=O) groups is 3. The van der Waals surface area contributed by atoms with Gasteiger partial charge in [-0.05, 0) is 25.2 Å². The Balaban J connectivity index is 2.39. The van der Waals surface area contributed by atoms with Crippen molar-refractivity contribution in [3.8, 4) is 0 Å². The van der Waals surface area contributed by atoms with Crippen molar-refractivity contribution < 1.29 is 24.6 Å². The number of hydrogen-bond donors (Lipinski definition) is 3. The minimum absolute atomic E-state index is 0.100. The second-order valence-electron chi connectivity index (χ2n) is 4.36. The first-order chi connectivity index (χ1) is 8.49. The lowest BCUT2D eigenvalue weighted by atomic mass is 10.0. The van der Waals surface area contributed by atoms with E-state index >= 15 is 0 Å². The first-order valence-corrected chi connectivity index (χ1v) is 5.89. The molecule has 0 aliphatic heterocycles. The van der Waals surface area contributed by atoms with Crippen LogP contribution >= 0.6 is 0 Å². The number of aliphatic carboxylic acids is 2. The first kappa shape index (κ1) is 14.2. The summed E-state index contributed by atoms with van der Waals surface area (Å²) in [5.41, 5.74) is 0. The summed E-state index contributed by atoms with van der Waals surface area (Å²) in [6.07, 6.45) is 5.67. The van der Waals surface area contributed by atoms with Crippen LogP contribution < -0.4 is 5.32 Å². The molecule has 1 rings (SSSR count). The third-order valence-electron chi connectivity index (χ3n) is 2.84. The van der Waals surface area contributed by atoms with Gasteiger partial charge in [-0.1, -0.05) is 12.2 Å². The van der Waals surface area contributed by atoms with E-state index in [1.807, 2.05) is 12.2 Å². The van der Waals surface area contributed by atoms with Gasteiger partial charge in [0.25, 0.3) is 0 Å². The van der Waals surface area contributed by atoms with Crippen molar-refractivity contribution in [3.63, 3.8) is 0 Å². The highest BCUT2D eigenvalue weighted by atomic mass is 16.4. The molecule has 0 saturated heterocycles. The van der Waals surface area contributed by atoms with E-state index < -0.39 is 18.0 Å². The van der Waals surface area contributed by atoms with Crippen LogP contribution in [0.3, 0.4) is 0 Å². The van der Waals surface area contributed by atoms with Crippen LogP contribution in [0.25, 0.3) is 0 Å². The second kappa shape index (κ2) is 6.78. The molecule has 1 unspecified atom stereocenters. The molecule has 100 valence electrons. The van der Waals surface area contributed by atoms with Gasteiger partial charge in [0.15, 0.2) is 0 Å². The third-order valence-corrected chi connectivity index (χ3v) is 2.84. The maximum atomic E-state index is 11.6. The van der Waals surface area contributed by atoms with Crippen molar-refractivity contribution in [2.24, 2.45) is 5.92 Å². The van der Waals surface area contributed by atoms with E-state index in [0.29, 0.717) is 0 Å². The van der Waals surface area contributed by atoms with Gasteiger partial charge >= 0.3 is 11.9 Å². The van der Waals surface area contributed by atoms with Crippen LogP contribution in [-0.2, 0) is 14.4 Å². The Labute approximate surface area is 105 Å². The maximum Gasteiger partial charge on any atom is 0.326 e. The number of hydrogen-bond acceptors (Lipinski definition) is 3. The molecule has 0 fully saturated rings. The van der Waals surface area contributed by atoms with E-state index in [4.69, 9.17) is 10.2 Å². The quantitative estimate of drug-likeness (QED) is 0.583. The Morgan fingerprint density at radius 3 is 2.56 bits per heavy atom. The summed E-state index contributed by atoms with van der Waals surface area (Å²) in [6.45, 7) is 0. The van der Waals surface area contributed by atoms with Crippen molar-refractivity contribution >= 4 is 17.8 Å². The van der Waals surface area contributed by atoms with E-state index in [1.165, 1.54) is 0 Å². The molecule has 0 heterocycles. The lowest BCUT2D eigenvalue weighted by molar-refractivity contribution is -0.143. The second-order valence-corrected chi connectivity index (χ2v) is 4.36. The molecule has 0 aromatic rings. The molecule has 6 heteroatoms. The van der Waals surface area contributed by atoms with Gasteiger partial charge in [-0.2, -0.15) is 0 Å². The number of nitrogens with one attached hydrogen (secondary N) is 1. The van der Waals surface area contributed by atoms with E-state index in [1.54, 1.807) is 0 Å². The number of amides is 1. The van der Waals surface area contributed by atoms with E-state index in [0.717, 1.165) is 12.8 Å². The number of carbonyl (C=O) groups excluding carboxylic acids is 1. The highest BCUT2D eigenvalue weighted by Crippen LogP contribution is 2.20. The summed E-state index contributed by atoms with van der Waals surface area (Å²) in [6, 6.07) is -1.13. The Hall–Kier alpha value is -1.85. The van der Waals surface area contributed by atoms with E-state index in [-0.39, 0.29) is 31.1 Å². The van der Waals surface area contributed by atoms with Crippen molar-refractivity contribution in [2.75, 3.05) is 0 Å². The average molecular weight is 255 g/mol. The van der Waals surface area contributed by atoms with Gasteiger partial charge in [-0.3, -0.25) is 9.59 Å². The molecule has 0 aromatic carbocycles. The smallest absolute Gasteiger partial charge is 0.326 e. The zero-order valence-corrected chi connectivity index (χ0v) is 9.96. The summed E-state index contributed by atoms with van der Waals surface area (Å²) in [5.74, 6) is -2.45. The largest absolute Gasteiger partial charge is 0.481 e. The van der Waals surface area contributed by atoms with Crippen LogP contribution in [0.15, 0.2) is 12.2 Å². The molecule has 0 radical (unpaired) electrons. The lowest BCUT2D eigenvalue weighted by Gasteiger charge is -2.15. The summed E-state index contributed by atoms with van der Waals surface area (Å²) in [4.78, 5) is 32.8. The maximum absolute atomic E-state index is 11.6. The molecule has 0 saturated carbocycles. The van der Waals surface area contributed by atoms with Gasteiger partial charge < -0.3 is 15.5 Å². The zero-order valence-electron chi connectivity index (χ0n) is 9.96. The molecule has 0 spiro atoms. The molecule has 18 heavy (non-hydrogen) atoms. The van der Waals surface area contributed by atoms with Crippen LogP contribution in [0.4, 0.5) is 0 Å². The fourth-order valence-corrected chi connectivity index (χ4v) is 1.88. The fraction of sp³-hybridized carbons (Fsp3) is 0.583. The van der Waals surface area contributed by atoms with Crippen molar-refractivity contribution in [1.29, 1.82) is 0 Å². The number of carboxylic acids is 2. The molecule has 1 aliphatic carbocycles. The molecule has 0 bridgehead atoms. The summed E-state index contributed by atoms with van der Waals surface area (Å²) >= 11 is 0. The van der Waals surface area contributed by atoms with Gasteiger partial charge in [0.1, 0.15) is 6.04 Å². The Morgan fingerprint density at radius 2 is 2.06 bits per heavy atom. The Morgan fingerprint density at radius 1 is 1.33 bits per heavy atom. The number of carboxylic acid groups (broad SMARTS) is 2. The monoisotopic (exact) mass is 255 g/mol. The standard InChI is InChI=1S/C12H17NO5/c14-10(7-8-3-1-2-4-8)13-9(12(17)18)5-6-11(15)16/h1,3,8-9H,2,4-7H2,(H,13,14)(H,15,16)(H,17,18)/t8?,9-/m0/s1.